The zero-order valence-electron chi connectivity index (χ0n) is 13.9. The highest BCUT2D eigenvalue weighted by Gasteiger charge is 2.49. The van der Waals surface area contributed by atoms with Crippen molar-refractivity contribution in [1.82, 2.24) is 10.2 Å². The van der Waals surface area contributed by atoms with Crippen molar-refractivity contribution >= 4 is 38.3 Å². The van der Waals surface area contributed by atoms with Crippen molar-refractivity contribution in [3.05, 3.63) is 69.1 Å². The van der Waals surface area contributed by atoms with E-state index in [1.54, 1.807) is 17.6 Å². The van der Waals surface area contributed by atoms with Gasteiger partial charge in [-0.2, -0.15) is 0 Å². The van der Waals surface area contributed by atoms with E-state index < -0.39 is 5.41 Å². The number of aromatic hydroxyl groups is 1. The average molecular weight is 430 g/mol. The monoisotopic (exact) mass is 429 g/mol. The second-order valence-electron chi connectivity index (χ2n) is 6.66. The molecular formula is C19H16BrN3O2S. The smallest absolute Gasteiger partial charge is 0.233 e. The van der Waals surface area contributed by atoms with Gasteiger partial charge in [0.1, 0.15) is 11.3 Å². The SMILES string of the molecule is C[C@]1(C(=O)Nc2nncs2)Cc2ccc(O)cc2[C@H]1c1ccc(Br)cc1. The molecule has 1 amide bonds. The third kappa shape index (κ3) is 2.91. The lowest BCUT2D eigenvalue weighted by molar-refractivity contribution is -0.125. The minimum atomic E-state index is -0.699. The van der Waals surface area contributed by atoms with Gasteiger partial charge in [0.2, 0.25) is 11.0 Å². The van der Waals surface area contributed by atoms with Crippen molar-refractivity contribution in [2.75, 3.05) is 5.32 Å². The van der Waals surface area contributed by atoms with Gasteiger partial charge < -0.3 is 10.4 Å². The number of aromatic nitrogens is 2. The fourth-order valence-corrected chi connectivity index (χ4v) is 4.44. The molecule has 0 saturated heterocycles. The summed E-state index contributed by atoms with van der Waals surface area (Å²) in [5.41, 5.74) is 3.99. The highest BCUT2D eigenvalue weighted by molar-refractivity contribution is 9.10. The summed E-state index contributed by atoms with van der Waals surface area (Å²) in [7, 11) is 0. The van der Waals surface area contributed by atoms with Crippen molar-refractivity contribution < 1.29 is 9.90 Å². The van der Waals surface area contributed by atoms with Gasteiger partial charge >= 0.3 is 0 Å². The Morgan fingerprint density at radius 1 is 1.31 bits per heavy atom. The number of carbonyl (C=O) groups is 1. The molecule has 26 heavy (non-hydrogen) atoms. The van der Waals surface area contributed by atoms with Crippen molar-refractivity contribution in [2.45, 2.75) is 19.3 Å². The molecule has 0 spiro atoms. The van der Waals surface area contributed by atoms with E-state index in [0.717, 1.165) is 21.2 Å². The first-order valence-electron chi connectivity index (χ1n) is 8.12. The third-order valence-corrected chi connectivity index (χ3v) is 6.07. The molecule has 1 aliphatic carbocycles. The van der Waals surface area contributed by atoms with Crippen LogP contribution in [0.3, 0.4) is 0 Å². The summed E-state index contributed by atoms with van der Waals surface area (Å²) in [5, 5.41) is 21.1. The molecule has 0 fully saturated rings. The van der Waals surface area contributed by atoms with E-state index in [0.29, 0.717) is 11.6 Å². The van der Waals surface area contributed by atoms with Gasteiger partial charge in [-0.05, 0) is 54.3 Å². The van der Waals surface area contributed by atoms with Gasteiger partial charge in [-0.3, -0.25) is 4.79 Å². The van der Waals surface area contributed by atoms with Gasteiger partial charge in [-0.25, -0.2) is 0 Å². The Kier molecular flexibility index (Phi) is 4.28. The normalized spacial score (nSPS) is 21.4. The van der Waals surface area contributed by atoms with Crippen LogP contribution in [0, 0.1) is 5.41 Å². The number of phenolic OH excluding ortho intramolecular Hbond substituents is 1. The van der Waals surface area contributed by atoms with Gasteiger partial charge in [0.15, 0.2) is 0 Å². The number of hydrogen-bond donors (Lipinski definition) is 2. The first-order chi connectivity index (χ1) is 12.5. The predicted molar refractivity (Wildman–Crippen MR) is 104 cm³/mol. The molecule has 2 aromatic carbocycles. The van der Waals surface area contributed by atoms with E-state index in [4.69, 9.17) is 0 Å². The average Bonchev–Trinajstić information content (AvgIpc) is 3.22. The first-order valence-corrected chi connectivity index (χ1v) is 9.79. The van der Waals surface area contributed by atoms with Crippen LogP contribution < -0.4 is 5.32 Å². The van der Waals surface area contributed by atoms with Crippen LogP contribution in [0.5, 0.6) is 5.75 Å². The molecule has 5 nitrogen and oxygen atoms in total. The summed E-state index contributed by atoms with van der Waals surface area (Å²) >= 11 is 4.76. The van der Waals surface area contributed by atoms with Crippen molar-refractivity contribution in [3.63, 3.8) is 0 Å². The van der Waals surface area contributed by atoms with Crippen LogP contribution in [-0.4, -0.2) is 21.2 Å². The Hall–Kier alpha value is -2.25. The molecule has 3 aromatic rings. The molecule has 0 saturated carbocycles. The van der Waals surface area contributed by atoms with Gasteiger partial charge in [-0.1, -0.05) is 45.5 Å². The largest absolute Gasteiger partial charge is 0.508 e. The number of halogens is 1. The lowest BCUT2D eigenvalue weighted by atomic mass is 9.73. The standard InChI is InChI=1S/C19H16BrN3O2S/c1-19(17(25)22-18-23-21-10-26-18)9-12-4-7-14(24)8-15(12)16(19)11-2-5-13(20)6-3-11/h2-8,10,16,24H,9H2,1H3,(H,22,23,25)/t16-,19+/m1/s1. The zero-order valence-corrected chi connectivity index (χ0v) is 16.3. The quantitative estimate of drug-likeness (QED) is 0.649. The number of hydrogen-bond acceptors (Lipinski definition) is 5. The van der Waals surface area contributed by atoms with E-state index in [1.807, 2.05) is 37.3 Å². The molecule has 2 N–H and O–H groups in total. The van der Waals surface area contributed by atoms with E-state index in [9.17, 15) is 9.90 Å². The molecule has 1 aliphatic rings. The molecule has 0 unspecified atom stereocenters. The number of carbonyl (C=O) groups excluding carboxylic acids is 1. The number of anilines is 1. The highest BCUT2D eigenvalue weighted by atomic mass is 79.9. The fourth-order valence-electron chi connectivity index (χ4n) is 3.73. The number of nitrogens with one attached hydrogen (secondary N) is 1. The van der Waals surface area contributed by atoms with Crippen LogP contribution >= 0.6 is 27.3 Å². The summed E-state index contributed by atoms with van der Waals surface area (Å²) in [6.45, 7) is 1.97. The van der Waals surface area contributed by atoms with Crippen LogP contribution in [0.25, 0.3) is 0 Å². The van der Waals surface area contributed by atoms with Crippen LogP contribution in [0.2, 0.25) is 0 Å². The van der Waals surface area contributed by atoms with Crippen molar-refractivity contribution in [3.8, 4) is 5.75 Å². The molecule has 1 heterocycles. The molecule has 2 atom stereocenters. The van der Waals surface area contributed by atoms with Gasteiger partial charge in [0, 0.05) is 10.4 Å². The Morgan fingerprint density at radius 3 is 2.77 bits per heavy atom. The molecular weight excluding hydrogens is 414 g/mol. The molecule has 0 bridgehead atoms. The van der Waals surface area contributed by atoms with Crippen LogP contribution in [0.15, 0.2) is 52.4 Å². The molecule has 4 rings (SSSR count). The number of benzene rings is 2. The summed E-state index contributed by atoms with van der Waals surface area (Å²) in [5.74, 6) is -0.0527. The van der Waals surface area contributed by atoms with Crippen LogP contribution in [0.4, 0.5) is 5.13 Å². The predicted octanol–water partition coefficient (Wildman–Crippen LogP) is 4.34. The molecule has 0 radical (unpaired) electrons. The van der Waals surface area contributed by atoms with Crippen LogP contribution in [-0.2, 0) is 11.2 Å². The number of amides is 1. The maximum atomic E-state index is 13.2. The lowest BCUT2D eigenvalue weighted by Crippen LogP contribution is -2.37. The maximum absolute atomic E-state index is 13.2. The van der Waals surface area contributed by atoms with Gasteiger partial charge in [-0.15, -0.1) is 10.2 Å². The third-order valence-electron chi connectivity index (χ3n) is 4.94. The number of phenols is 1. The Bertz CT molecular complexity index is 959. The summed E-state index contributed by atoms with van der Waals surface area (Å²) in [4.78, 5) is 13.2. The fraction of sp³-hybridized carbons (Fsp3) is 0.211. The van der Waals surface area contributed by atoms with Gasteiger partial charge in [0.05, 0.1) is 5.41 Å². The molecule has 132 valence electrons. The zero-order chi connectivity index (χ0) is 18.3. The maximum Gasteiger partial charge on any atom is 0.233 e. The summed E-state index contributed by atoms with van der Waals surface area (Å²) < 4.78 is 0.982. The molecule has 0 aliphatic heterocycles. The molecule has 7 heteroatoms. The minimum absolute atomic E-state index is 0.0992. The van der Waals surface area contributed by atoms with Gasteiger partial charge in [0.25, 0.3) is 0 Å². The number of nitrogens with zero attached hydrogens (tertiary/aromatic N) is 2. The topological polar surface area (TPSA) is 75.1 Å². The Morgan fingerprint density at radius 2 is 2.08 bits per heavy atom. The summed E-state index contributed by atoms with van der Waals surface area (Å²) in [6.07, 6.45) is 0.591. The molecule has 1 aromatic heterocycles. The second-order valence-corrected chi connectivity index (χ2v) is 8.41. The van der Waals surface area contributed by atoms with E-state index in [2.05, 4.69) is 31.4 Å². The van der Waals surface area contributed by atoms with Crippen molar-refractivity contribution in [1.29, 1.82) is 0 Å². The Balaban J connectivity index is 1.79. The Labute approximate surface area is 163 Å². The number of fused-ring (bicyclic) bond motifs is 1. The van der Waals surface area contributed by atoms with E-state index in [-0.39, 0.29) is 17.6 Å². The number of rotatable bonds is 3. The highest BCUT2D eigenvalue weighted by Crippen LogP contribution is 2.52. The van der Waals surface area contributed by atoms with E-state index >= 15 is 0 Å². The van der Waals surface area contributed by atoms with Crippen molar-refractivity contribution in [2.24, 2.45) is 5.41 Å². The van der Waals surface area contributed by atoms with E-state index in [1.165, 1.54) is 11.3 Å². The first kappa shape index (κ1) is 17.2. The van der Waals surface area contributed by atoms with Crippen LogP contribution in [0.1, 0.15) is 29.5 Å². The minimum Gasteiger partial charge on any atom is -0.508 e. The summed E-state index contributed by atoms with van der Waals surface area (Å²) in [6, 6.07) is 13.3. The second kappa shape index (κ2) is 6.48. The lowest BCUT2D eigenvalue weighted by Gasteiger charge is -2.30.